The second kappa shape index (κ2) is 6.71. The Balaban J connectivity index is 2.11. The highest BCUT2D eigenvalue weighted by Gasteiger charge is 2.27. The minimum Gasteiger partial charge on any atom is -0.380 e. The van der Waals surface area contributed by atoms with E-state index >= 15 is 0 Å². The van der Waals surface area contributed by atoms with Gasteiger partial charge in [-0.05, 0) is 19.3 Å². The van der Waals surface area contributed by atoms with Crippen molar-refractivity contribution >= 4 is 9.84 Å². The van der Waals surface area contributed by atoms with Gasteiger partial charge in [0.05, 0.1) is 12.4 Å². The van der Waals surface area contributed by atoms with Crippen molar-refractivity contribution in [2.75, 3.05) is 24.7 Å². The van der Waals surface area contributed by atoms with Crippen LogP contribution >= 0.6 is 0 Å². The average molecular weight is 263 g/mol. The molecule has 0 aromatic heterocycles. The van der Waals surface area contributed by atoms with Crippen molar-refractivity contribution in [2.24, 2.45) is 5.73 Å². The fourth-order valence-electron chi connectivity index (χ4n) is 2.20. The summed E-state index contributed by atoms with van der Waals surface area (Å²) in [6, 6.07) is 0. The van der Waals surface area contributed by atoms with Crippen LogP contribution in [0.5, 0.6) is 0 Å². The van der Waals surface area contributed by atoms with Crippen LogP contribution < -0.4 is 5.73 Å². The molecule has 1 fully saturated rings. The first kappa shape index (κ1) is 14.9. The topological polar surface area (TPSA) is 69.4 Å². The van der Waals surface area contributed by atoms with Crippen LogP contribution in [0.1, 0.15) is 45.4 Å². The summed E-state index contributed by atoms with van der Waals surface area (Å²) in [7, 11) is -2.85. The molecule has 0 radical (unpaired) electrons. The molecule has 0 aromatic rings. The van der Waals surface area contributed by atoms with E-state index in [1.807, 2.05) is 0 Å². The maximum absolute atomic E-state index is 11.2. The second-order valence-corrected chi connectivity index (χ2v) is 7.54. The average Bonchev–Trinajstić information content (AvgIpc) is 2.29. The first-order valence-corrected chi connectivity index (χ1v) is 8.37. The van der Waals surface area contributed by atoms with Crippen LogP contribution in [0.25, 0.3) is 0 Å². The smallest absolute Gasteiger partial charge is 0.150 e. The molecule has 1 saturated carbocycles. The lowest BCUT2D eigenvalue weighted by Crippen LogP contribution is -2.46. The van der Waals surface area contributed by atoms with E-state index in [2.05, 4.69) is 0 Å². The van der Waals surface area contributed by atoms with Crippen LogP contribution in [-0.2, 0) is 14.6 Å². The normalized spacial score (nSPS) is 20.4. The van der Waals surface area contributed by atoms with Gasteiger partial charge in [0.15, 0.2) is 0 Å². The lowest BCUT2D eigenvalue weighted by molar-refractivity contribution is 0.0686. The molecule has 5 heteroatoms. The Morgan fingerprint density at radius 3 is 2.47 bits per heavy atom. The highest BCUT2D eigenvalue weighted by molar-refractivity contribution is 7.91. The van der Waals surface area contributed by atoms with E-state index in [1.165, 1.54) is 19.3 Å². The molecule has 0 aromatic carbocycles. The summed E-state index contributed by atoms with van der Waals surface area (Å²) >= 11 is 0. The Labute approximate surface area is 105 Å². The Hall–Kier alpha value is -0.130. The van der Waals surface area contributed by atoms with Gasteiger partial charge in [-0.15, -0.1) is 0 Å². The molecule has 0 unspecified atom stereocenters. The van der Waals surface area contributed by atoms with Crippen LogP contribution in [-0.4, -0.2) is 38.7 Å². The molecule has 1 aliphatic carbocycles. The van der Waals surface area contributed by atoms with Crippen molar-refractivity contribution in [3.63, 3.8) is 0 Å². The van der Waals surface area contributed by atoms with Gasteiger partial charge in [0.1, 0.15) is 9.84 Å². The Morgan fingerprint density at radius 1 is 1.24 bits per heavy atom. The predicted molar refractivity (Wildman–Crippen MR) is 69.8 cm³/mol. The van der Waals surface area contributed by atoms with Crippen molar-refractivity contribution < 1.29 is 13.2 Å². The Morgan fingerprint density at radius 2 is 1.88 bits per heavy atom. The predicted octanol–water partition coefficient (Wildman–Crippen LogP) is 1.49. The van der Waals surface area contributed by atoms with E-state index in [0.29, 0.717) is 19.6 Å². The van der Waals surface area contributed by atoms with E-state index in [9.17, 15) is 8.42 Å². The zero-order valence-corrected chi connectivity index (χ0v) is 11.6. The molecule has 4 nitrogen and oxygen atoms in total. The second-order valence-electron chi connectivity index (χ2n) is 5.07. The summed E-state index contributed by atoms with van der Waals surface area (Å²) in [6.07, 6.45) is 6.27. The molecule has 0 saturated heterocycles. The maximum Gasteiger partial charge on any atom is 0.150 e. The number of nitrogens with two attached hydrogens (primary N) is 1. The molecule has 0 heterocycles. The van der Waals surface area contributed by atoms with Crippen LogP contribution in [0.2, 0.25) is 0 Å². The van der Waals surface area contributed by atoms with Gasteiger partial charge in [0, 0.05) is 17.9 Å². The van der Waals surface area contributed by atoms with Gasteiger partial charge in [-0.1, -0.05) is 26.2 Å². The molecule has 1 aliphatic rings. The summed E-state index contributed by atoms with van der Waals surface area (Å²) in [5, 5.41) is 0. The molecular weight excluding hydrogens is 238 g/mol. The molecule has 17 heavy (non-hydrogen) atoms. The van der Waals surface area contributed by atoms with Crippen molar-refractivity contribution in [2.45, 2.75) is 51.0 Å². The number of hydrogen-bond donors (Lipinski definition) is 1. The van der Waals surface area contributed by atoms with Crippen molar-refractivity contribution in [1.82, 2.24) is 0 Å². The van der Waals surface area contributed by atoms with Crippen LogP contribution in [0, 0.1) is 0 Å². The summed E-state index contributed by atoms with van der Waals surface area (Å²) in [4.78, 5) is 0. The minimum absolute atomic E-state index is 0.165. The zero-order valence-electron chi connectivity index (χ0n) is 10.8. The quantitative estimate of drug-likeness (QED) is 0.707. The highest BCUT2D eigenvalue weighted by atomic mass is 32.2. The summed E-state index contributed by atoms with van der Waals surface area (Å²) in [5.74, 6) is 0.439. The number of rotatable bonds is 7. The van der Waals surface area contributed by atoms with E-state index in [1.54, 1.807) is 6.92 Å². The summed E-state index contributed by atoms with van der Waals surface area (Å²) in [5.41, 5.74) is 6.05. The van der Waals surface area contributed by atoms with E-state index in [4.69, 9.17) is 10.5 Å². The highest BCUT2D eigenvalue weighted by Crippen LogP contribution is 2.25. The molecule has 0 bridgehead atoms. The van der Waals surface area contributed by atoms with Crippen LogP contribution in [0.3, 0.4) is 0 Å². The lowest BCUT2D eigenvalue weighted by Gasteiger charge is -2.33. The summed E-state index contributed by atoms with van der Waals surface area (Å²) < 4.78 is 28.0. The van der Waals surface area contributed by atoms with Crippen molar-refractivity contribution in [1.29, 1.82) is 0 Å². The van der Waals surface area contributed by atoms with Gasteiger partial charge >= 0.3 is 0 Å². The third kappa shape index (κ3) is 5.84. The molecule has 2 N–H and O–H groups in total. The van der Waals surface area contributed by atoms with Crippen LogP contribution in [0.4, 0.5) is 0 Å². The van der Waals surface area contributed by atoms with Gasteiger partial charge in [-0.2, -0.15) is 0 Å². The number of ether oxygens (including phenoxy) is 1. The first-order valence-electron chi connectivity index (χ1n) is 6.54. The summed E-state index contributed by atoms with van der Waals surface area (Å²) in [6.45, 7) is 2.74. The van der Waals surface area contributed by atoms with Gasteiger partial charge in [0.25, 0.3) is 0 Å². The molecular formula is C12H25NO3S. The van der Waals surface area contributed by atoms with Gasteiger partial charge < -0.3 is 10.5 Å². The lowest BCUT2D eigenvalue weighted by atomic mass is 9.83. The fourth-order valence-corrected chi connectivity index (χ4v) is 3.05. The third-order valence-electron chi connectivity index (χ3n) is 3.42. The standard InChI is InChI=1S/C12H25NO3S/c1-2-17(14,15)10-6-9-16-11-12(13)7-4-3-5-8-12/h2-11,13H2,1H3. The third-order valence-corrected chi connectivity index (χ3v) is 5.21. The van der Waals surface area contributed by atoms with Gasteiger partial charge in [0.2, 0.25) is 0 Å². The minimum atomic E-state index is -2.85. The molecule has 0 atom stereocenters. The molecule has 0 amide bonds. The van der Waals surface area contributed by atoms with E-state index in [-0.39, 0.29) is 17.0 Å². The number of sulfone groups is 1. The molecule has 0 aliphatic heterocycles. The van der Waals surface area contributed by atoms with E-state index < -0.39 is 9.84 Å². The molecule has 1 rings (SSSR count). The fraction of sp³-hybridized carbons (Fsp3) is 1.00. The van der Waals surface area contributed by atoms with Gasteiger partial charge in [-0.3, -0.25) is 0 Å². The van der Waals surface area contributed by atoms with Gasteiger partial charge in [-0.25, -0.2) is 8.42 Å². The van der Waals surface area contributed by atoms with Crippen molar-refractivity contribution in [3.05, 3.63) is 0 Å². The Bertz CT molecular complexity index is 308. The SMILES string of the molecule is CCS(=O)(=O)CCCOCC1(N)CCCCC1. The maximum atomic E-state index is 11.2. The first-order chi connectivity index (χ1) is 7.97. The number of hydrogen-bond acceptors (Lipinski definition) is 4. The Kier molecular flexibility index (Phi) is 5.89. The zero-order chi connectivity index (χ0) is 12.8. The monoisotopic (exact) mass is 263 g/mol. The molecule has 102 valence electrons. The van der Waals surface area contributed by atoms with Crippen LogP contribution in [0.15, 0.2) is 0 Å². The largest absolute Gasteiger partial charge is 0.380 e. The van der Waals surface area contributed by atoms with Crippen molar-refractivity contribution in [3.8, 4) is 0 Å². The molecule has 0 spiro atoms. The van der Waals surface area contributed by atoms with E-state index in [0.717, 1.165) is 12.8 Å².